The summed E-state index contributed by atoms with van der Waals surface area (Å²) in [5.74, 6) is -0.383. The second-order valence-electron chi connectivity index (χ2n) is 5.79. The number of benzene rings is 1. The predicted molar refractivity (Wildman–Crippen MR) is 82.8 cm³/mol. The second-order valence-corrected chi connectivity index (χ2v) is 5.79. The molecule has 1 aromatic rings. The smallest absolute Gasteiger partial charge is 0.172 e. The zero-order valence-corrected chi connectivity index (χ0v) is 12.8. The Morgan fingerprint density at radius 1 is 0.950 bits per heavy atom. The van der Waals surface area contributed by atoms with Gasteiger partial charge in [0.2, 0.25) is 0 Å². The van der Waals surface area contributed by atoms with E-state index >= 15 is 0 Å². The molecule has 2 rings (SSSR count). The van der Waals surface area contributed by atoms with E-state index in [0.717, 1.165) is 38.9 Å². The molecular weight excluding hydrogens is 248 g/mol. The number of hydrogen-bond acceptors (Lipinski definition) is 2. The SMILES string of the molecule is CCCCCCC1(Cc2ccccc2)OCCCCO1. The van der Waals surface area contributed by atoms with E-state index in [1.54, 1.807) is 0 Å². The summed E-state index contributed by atoms with van der Waals surface area (Å²) < 4.78 is 12.3. The molecule has 0 N–H and O–H groups in total. The van der Waals surface area contributed by atoms with Gasteiger partial charge in [0.1, 0.15) is 0 Å². The molecule has 0 spiro atoms. The molecule has 2 heteroatoms. The number of ether oxygens (including phenoxy) is 2. The Bertz CT molecular complexity index is 353. The van der Waals surface area contributed by atoms with Crippen molar-refractivity contribution in [2.45, 2.75) is 64.1 Å². The monoisotopic (exact) mass is 276 g/mol. The van der Waals surface area contributed by atoms with Gasteiger partial charge in [0.25, 0.3) is 0 Å². The van der Waals surface area contributed by atoms with E-state index in [2.05, 4.69) is 37.3 Å². The highest BCUT2D eigenvalue weighted by Gasteiger charge is 2.33. The van der Waals surface area contributed by atoms with Crippen molar-refractivity contribution >= 4 is 0 Å². The molecule has 20 heavy (non-hydrogen) atoms. The van der Waals surface area contributed by atoms with Crippen LogP contribution >= 0.6 is 0 Å². The van der Waals surface area contributed by atoms with Crippen LogP contribution in [0.15, 0.2) is 30.3 Å². The van der Waals surface area contributed by atoms with Crippen molar-refractivity contribution in [2.75, 3.05) is 13.2 Å². The van der Waals surface area contributed by atoms with E-state index in [0.29, 0.717) is 0 Å². The quantitative estimate of drug-likeness (QED) is 0.671. The van der Waals surface area contributed by atoms with Crippen LogP contribution in [0, 0.1) is 0 Å². The van der Waals surface area contributed by atoms with Gasteiger partial charge in [-0.2, -0.15) is 0 Å². The van der Waals surface area contributed by atoms with Gasteiger partial charge in [-0.15, -0.1) is 0 Å². The molecule has 0 atom stereocenters. The molecule has 0 saturated carbocycles. The van der Waals surface area contributed by atoms with Gasteiger partial charge in [-0.3, -0.25) is 0 Å². The summed E-state index contributed by atoms with van der Waals surface area (Å²) in [6.45, 7) is 3.92. The highest BCUT2D eigenvalue weighted by molar-refractivity contribution is 5.16. The Kier molecular flexibility index (Phi) is 6.55. The van der Waals surface area contributed by atoms with Gasteiger partial charge in [0, 0.05) is 12.8 Å². The number of rotatable bonds is 7. The Balaban J connectivity index is 1.98. The molecule has 1 aromatic carbocycles. The summed E-state index contributed by atoms with van der Waals surface area (Å²) in [5.41, 5.74) is 1.31. The Labute approximate surface area is 123 Å². The van der Waals surface area contributed by atoms with E-state index in [-0.39, 0.29) is 5.79 Å². The summed E-state index contributed by atoms with van der Waals surface area (Å²) in [6.07, 6.45) is 9.17. The molecule has 0 bridgehead atoms. The first-order valence-corrected chi connectivity index (χ1v) is 8.16. The minimum atomic E-state index is -0.383. The maximum atomic E-state index is 6.15. The van der Waals surface area contributed by atoms with E-state index in [1.807, 2.05) is 0 Å². The lowest BCUT2D eigenvalue weighted by molar-refractivity contribution is -0.229. The highest BCUT2D eigenvalue weighted by atomic mass is 16.7. The largest absolute Gasteiger partial charge is 0.350 e. The third-order valence-corrected chi connectivity index (χ3v) is 4.00. The molecule has 1 aliphatic heterocycles. The lowest BCUT2D eigenvalue weighted by atomic mass is 9.98. The third kappa shape index (κ3) is 4.92. The molecule has 1 fully saturated rings. The lowest BCUT2D eigenvalue weighted by Gasteiger charge is -2.32. The first-order chi connectivity index (χ1) is 9.85. The van der Waals surface area contributed by atoms with Gasteiger partial charge in [0.05, 0.1) is 13.2 Å². The standard InChI is InChI=1S/C18H28O2/c1-2-3-4-8-13-18(19-14-9-10-15-20-18)16-17-11-6-5-7-12-17/h5-7,11-12H,2-4,8-10,13-16H2,1H3. The highest BCUT2D eigenvalue weighted by Crippen LogP contribution is 2.29. The van der Waals surface area contributed by atoms with Crippen LogP contribution in [0.2, 0.25) is 0 Å². The fraction of sp³-hybridized carbons (Fsp3) is 0.667. The Morgan fingerprint density at radius 2 is 1.65 bits per heavy atom. The number of unbranched alkanes of at least 4 members (excludes halogenated alkanes) is 3. The third-order valence-electron chi connectivity index (χ3n) is 4.00. The van der Waals surface area contributed by atoms with Gasteiger partial charge >= 0.3 is 0 Å². The van der Waals surface area contributed by atoms with Crippen LogP contribution in [0.4, 0.5) is 0 Å². The topological polar surface area (TPSA) is 18.5 Å². The maximum absolute atomic E-state index is 6.15. The van der Waals surface area contributed by atoms with Crippen LogP contribution in [0.1, 0.15) is 57.4 Å². The first-order valence-electron chi connectivity index (χ1n) is 8.16. The van der Waals surface area contributed by atoms with Crippen LogP contribution in [0.3, 0.4) is 0 Å². The van der Waals surface area contributed by atoms with Gasteiger partial charge in [-0.05, 0) is 24.8 Å². The summed E-state index contributed by atoms with van der Waals surface area (Å²) in [7, 11) is 0. The van der Waals surface area contributed by atoms with Crippen molar-refractivity contribution in [1.29, 1.82) is 0 Å². The fourth-order valence-electron chi connectivity index (χ4n) is 2.82. The van der Waals surface area contributed by atoms with Gasteiger partial charge < -0.3 is 9.47 Å². The van der Waals surface area contributed by atoms with Crippen molar-refractivity contribution < 1.29 is 9.47 Å². The van der Waals surface area contributed by atoms with Crippen LogP contribution in [0.5, 0.6) is 0 Å². The van der Waals surface area contributed by atoms with Gasteiger partial charge in [-0.1, -0.05) is 56.5 Å². The first kappa shape index (κ1) is 15.5. The zero-order chi connectivity index (χ0) is 14.1. The lowest BCUT2D eigenvalue weighted by Crippen LogP contribution is -2.38. The summed E-state index contributed by atoms with van der Waals surface area (Å²) >= 11 is 0. The van der Waals surface area contributed by atoms with Gasteiger partial charge in [0.15, 0.2) is 5.79 Å². The molecule has 1 saturated heterocycles. The maximum Gasteiger partial charge on any atom is 0.172 e. The molecule has 0 aliphatic carbocycles. The van der Waals surface area contributed by atoms with Crippen molar-refractivity contribution in [3.63, 3.8) is 0 Å². The fourth-order valence-corrected chi connectivity index (χ4v) is 2.82. The van der Waals surface area contributed by atoms with Gasteiger partial charge in [-0.25, -0.2) is 0 Å². The average Bonchev–Trinajstić information content (AvgIpc) is 2.71. The summed E-state index contributed by atoms with van der Waals surface area (Å²) in [6, 6.07) is 10.6. The van der Waals surface area contributed by atoms with E-state index in [1.165, 1.54) is 31.2 Å². The molecule has 2 nitrogen and oxygen atoms in total. The molecular formula is C18H28O2. The minimum absolute atomic E-state index is 0.383. The molecule has 0 radical (unpaired) electrons. The van der Waals surface area contributed by atoms with Crippen molar-refractivity contribution in [1.82, 2.24) is 0 Å². The second kappa shape index (κ2) is 8.43. The van der Waals surface area contributed by atoms with Crippen molar-refractivity contribution in [3.05, 3.63) is 35.9 Å². The Hall–Kier alpha value is -0.860. The molecule has 1 heterocycles. The summed E-state index contributed by atoms with van der Waals surface area (Å²) in [5, 5.41) is 0. The molecule has 112 valence electrons. The normalized spacial score (nSPS) is 18.6. The number of hydrogen-bond donors (Lipinski definition) is 0. The predicted octanol–water partition coefficient (Wildman–Crippen LogP) is 4.72. The average molecular weight is 276 g/mol. The van der Waals surface area contributed by atoms with E-state index in [4.69, 9.17) is 9.47 Å². The van der Waals surface area contributed by atoms with Crippen LogP contribution < -0.4 is 0 Å². The molecule has 1 aliphatic rings. The molecule has 0 unspecified atom stereocenters. The van der Waals surface area contributed by atoms with Crippen molar-refractivity contribution in [2.24, 2.45) is 0 Å². The molecule has 0 aromatic heterocycles. The zero-order valence-electron chi connectivity index (χ0n) is 12.8. The van der Waals surface area contributed by atoms with E-state index < -0.39 is 0 Å². The van der Waals surface area contributed by atoms with Crippen molar-refractivity contribution in [3.8, 4) is 0 Å². The van der Waals surface area contributed by atoms with E-state index in [9.17, 15) is 0 Å². The summed E-state index contributed by atoms with van der Waals surface area (Å²) in [4.78, 5) is 0. The van der Waals surface area contributed by atoms with Crippen LogP contribution in [0.25, 0.3) is 0 Å². The Morgan fingerprint density at radius 3 is 2.30 bits per heavy atom. The van der Waals surface area contributed by atoms with Crippen LogP contribution in [-0.4, -0.2) is 19.0 Å². The van der Waals surface area contributed by atoms with Crippen LogP contribution in [-0.2, 0) is 15.9 Å². The minimum Gasteiger partial charge on any atom is -0.350 e. The molecule has 0 amide bonds.